The highest BCUT2D eigenvalue weighted by atomic mass is 19.1. The van der Waals surface area contributed by atoms with Crippen molar-refractivity contribution in [3.63, 3.8) is 0 Å². The molecule has 34 heavy (non-hydrogen) atoms. The molecule has 1 aliphatic heterocycles. The number of nitrogens with two attached hydrogens (primary N) is 1. The Morgan fingerprint density at radius 1 is 1.21 bits per heavy atom. The highest BCUT2D eigenvalue weighted by Crippen LogP contribution is 2.32. The Morgan fingerprint density at radius 3 is 2.53 bits per heavy atom. The zero-order chi connectivity index (χ0) is 24.6. The van der Waals surface area contributed by atoms with Crippen molar-refractivity contribution < 1.29 is 13.7 Å². The van der Waals surface area contributed by atoms with Crippen molar-refractivity contribution in [2.24, 2.45) is 5.73 Å². The van der Waals surface area contributed by atoms with E-state index in [4.69, 9.17) is 10.3 Å². The van der Waals surface area contributed by atoms with Crippen molar-refractivity contribution in [3.05, 3.63) is 70.7 Å². The molecule has 8 nitrogen and oxygen atoms in total. The largest absolute Gasteiger partial charge is 0.336 e. The maximum Gasteiger partial charge on any atom is 0.278 e. The Bertz CT molecular complexity index is 1270. The van der Waals surface area contributed by atoms with Crippen LogP contribution in [0.4, 0.5) is 4.39 Å². The van der Waals surface area contributed by atoms with Gasteiger partial charge < -0.3 is 15.2 Å². The summed E-state index contributed by atoms with van der Waals surface area (Å²) in [6.45, 7) is 8.32. The maximum atomic E-state index is 13.9. The molecule has 1 aromatic carbocycles. The molecule has 0 unspecified atom stereocenters. The lowest BCUT2D eigenvalue weighted by Crippen LogP contribution is -2.37. The summed E-state index contributed by atoms with van der Waals surface area (Å²) in [6, 6.07) is 4.13. The quantitative estimate of drug-likeness (QED) is 0.538. The molecule has 0 atom stereocenters. The Kier molecular flexibility index (Phi) is 6.22. The van der Waals surface area contributed by atoms with Crippen LogP contribution in [0.1, 0.15) is 62.4 Å². The fourth-order valence-electron chi connectivity index (χ4n) is 3.86. The number of imidazole rings is 1. The predicted octanol–water partition coefficient (Wildman–Crippen LogP) is 4.51. The first kappa shape index (κ1) is 23.6. The molecule has 0 bridgehead atoms. The Balaban J connectivity index is 1.77. The minimum Gasteiger partial charge on any atom is -0.336 e. The zero-order valence-corrected chi connectivity index (χ0v) is 20.1. The topological polar surface area (TPSA) is 103 Å². The summed E-state index contributed by atoms with van der Waals surface area (Å²) < 4.78 is 21.2. The molecule has 1 amide bonds. The van der Waals surface area contributed by atoms with Crippen molar-refractivity contribution in [2.45, 2.75) is 52.6 Å². The summed E-state index contributed by atoms with van der Waals surface area (Å²) in [6.07, 6.45) is 6.81. The second-order valence-electron chi connectivity index (χ2n) is 9.28. The number of carbonyl (C=O) groups is 1. The smallest absolute Gasteiger partial charge is 0.278 e. The van der Waals surface area contributed by atoms with Crippen molar-refractivity contribution in [2.75, 3.05) is 7.05 Å². The number of allylic oxidation sites excluding steroid dienone is 2. The summed E-state index contributed by atoms with van der Waals surface area (Å²) in [5, 5.41) is 4.21. The van der Waals surface area contributed by atoms with Gasteiger partial charge in [-0.2, -0.15) is 4.98 Å². The first-order valence-electron chi connectivity index (χ1n) is 11.1. The van der Waals surface area contributed by atoms with Crippen molar-refractivity contribution >= 4 is 5.91 Å². The normalized spacial score (nSPS) is 13.3. The molecular weight excluding hydrogens is 435 g/mol. The van der Waals surface area contributed by atoms with Gasteiger partial charge in [0.05, 0.1) is 29.0 Å². The Morgan fingerprint density at radius 2 is 1.88 bits per heavy atom. The van der Waals surface area contributed by atoms with Crippen LogP contribution in [0.5, 0.6) is 0 Å². The second kappa shape index (κ2) is 8.98. The lowest BCUT2D eigenvalue weighted by atomic mass is 9.89. The number of nitrogens with zero attached hydrogens (tertiary/aromatic N) is 5. The molecule has 1 aliphatic rings. The van der Waals surface area contributed by atoms with Crippen LogP contribution in [0.3, 0.4) is 0 Å². The SMILES string of the molecule is CC(C)=CCC(N)(CC=C(C)C)c1noc(-c2ncn3c2CN(C)C(=O)c2cc(F)ccc2-3)n1. The third-order valence-electron chi connectivity index (χ3n) is 5.87. The van der Waals surface area contributed by atoms with Crippen LogP contribution in [0.15, 0.2) is 52.3 Å². The van der Waals surface area contributed by atoms with Crippen LogP contribution >= 0.6 is 0 Å². The molecule has 0 spiro atoms. The van der Waals surface area contributed by atoms with E-state index in [1.807, 2.05) is 27.7 Å². The summed E-state index contributed by atoms with van der Waals surface area (Å²) in [7, 11) is 1.66. The molecule has 2 aromatic heterocycles. The molecular formula is C25H29FN6O2. The van der Waals surface area contributed by atoms with Gasteiger partial charge in [-0.15, -0.1) is 0 Å². The van der Waals surface area contributed by atoms with Crippen LogP contribution in [-0.2, 0) is 12.1 Å². The third-order valence-corrected chi connectivity index (χ3v) is 5.87. The maximum absolute atomic E-state index is 13.9. The molecule has 0 aliphatic carbocycles. The van der Waals surface area contributed by atoms with E-state index in [1.165, 1.54) is 17.0 Å². The second-order valence-corrected chi connectivity index (χ2v) is 9.28. The summed E-state index contributed by atoms with van der Waals surface area (Å²) in [5.74, 6) is -0.142. The summed E-state index contributed by atoms with van der Waals surface area (Å²) in [4.78, 5) is 23.5. The molecule has 3 aromatic rings. The van der Waals surface area contributed by atoms with Crippen LogP contribution in [0.2, 0.25) is 0 Å². The Labute approximate surface area is 198 Å². The molecule has 0 saturated carbocycles. The molecule has 178 valence electrons. The fraction of sp³-hybridized carbons (Fsp3) is 0.360. The third kappa shape index (κ3) is 4.43. The summed E-state index contributed by atoms with van der Waals surface area (Å²) in [5.41, 5.74) is 10.2. The molecule has 4 rings (SSSR count). The first-order valence-corrected chi connectivity index (χ1v) is 11.1. The zero-order valence-electron chi connectivity index (χ0n) is 20.1. The number of halogens is 1. The average molecular weight is 465 g/mol. The van der Waals surface area contributed by atoms with Gasteiger partial charge in [0.15, 0.2) is 11.5 Å². The van der Waals surface area contributed by atoms with Gasteiger partial charge in [0, 0.05) is 7.05 Å². The van der Waals surface area contributed by atoms with E-state index >= 15 is 0 Å². The standard InChI is InChI=1S/C25H29FN6O2/c1-15(2)8-10-25(27,11-9-16(3)4)24-29-22(34-30-24)21-20-13-31(5)23(33)18-12-17(26)6-7-19(18)32(20)14-28-21/h6-9,12,14H,10-11,13,27H2,1-5H3. The molecule has 0 saturated heterocycles. The fourth-order valence-corrected chi connectivity index (χ4v) is 3.86. The van der Waals surface area contributed by atoms with E-state index in [1.54, 1.807) is 24.0 Å². The number of hydrogen-bond acceptors (Lipinski definition) is 6. The van der Waals surface area contributed by atoms with Crippen LogP contribution in [0, 0.1) is 5.82 Å². The number of rotatable bonds is 6. The minimum absolute atomic E-state index is 0.222. The molecule has 2 N–H and O–H groups in total. The molecule has 0 fully saturated rings. The van der Waals surface area contributed by atoms with Gasteiger partial charge >= 0.3 is 0 Å². The number of fused-ring (bicyclic) bond motifs is 3. The minimum atomic E-state index is -0.843. The highest BCUT2D eigenvalue weighted by Gasteiger charge is 2.33. The van der Waals surface area contributed by atoms with Crippen LogP contribution in [-0.4, -0.2) is 37.5 Å². The van der Waals surface area contributed by atoms with Crippen molar-refractivity contribution in [1.29, 1.82) is 0 Å². The van der Waals surface area contributed by atoms with Crippen LogP contribution < -0.4 is 5.73 Å². The number of hydrogen-bond donors (Lipinski definition) is 1. The Hall–Kier alpha value is -3.59. The number of carbonyl (C=O) groups excluding carboxylic acids is 1. The highest BCUT2D eigenvalue weighted by molar-refractivity contribution is 5.98. The molecule has 3 heterocycles. The van der Waals surface area contributed by atoms with Gasteiger partial charge in [0.25, 0.3) is 11.8 Å². The van der Waals surface area contributed by atoms with Gasteiger partial charge in [0.1, 0.15) is 12.1 Å². The summed E-state index contributed by atoms with van der Waals surface area (Å²) >= 11 is 0. The molecule has 0 radical (unpaired) electrons. The van der Waals surface area contributed by atoms with E-state index in [-0.39, 0.29) is 23.9 Å². The average Bonchev–Trinajstić information content (AvgIpc) is 3.41. The molecule has 9 heteroatoms. The number of aromatic nitrogens is 4. The van der Waals surface area contributed by atoms with Crippen molar-refractivity contribution in [3.8, 4) is 17.3 Å². The van der Waals surface area contributed by atoms with Crippen molar-refractivity contribution in [1.82, 2.24) is 24.6 Å². The van der Waals surface area contributed by atoms with E-state index < -0.39 is 11.4 Å². The van der Waals surface area contributed by atoms with Gasteiger partial charge in [-0.1, -0.05) is 28.5 Å². The van der Waals surface area contributed by atoms with Gasteiger partial charge in [-0.05, 0) is 58.7 Å². The lowest BCUT2D eigenvalue weighted by molar-refractivity contribution is 0.0787. The predicted molar refractivity (Wildman–Crippen MR) is 127 cm³/mol. The van der Waals surface area contributed by atoms with Gasteiger partial charge in [-0.3, -0.25) is 9.36 Å². The van der Waals surface area contributed by atoms with E-state index in [2.05, 4.69) is 27.3 Å². The van der Waals surface area contributed by atoms with E-state index in [0.717, 1.165) is 11.1 Å². The monoisotopic (exact) mass is 464 g/mol. The van der Waals surface area contributed by atoms with Gasteiger partial charge in [0.2, 0.25) is 0 Å². The van der Waals surface area contributed by atoms with Crippen LogP contribution in [0.25, 0.3) is 17.3 Å². The first-order chi connectivity index (χ1) is 16.1. The number of amides is 1. The van der Waals surface area contributed by atoms with E-state index in [0.29, 0.717) is 35.7 Å². The lowest BCUT2D eigenvalue weighted by Gasteiger charge is -2.23. The number of benzene rings is 1. The van der Waals surface area contributed by atoms with Gasteiger partial charge in [-0.25, -0.2) is 9.37 Å². The van der Waals surface area contributed by atoms with E-state index in [9.17, 15) is 9.18 Å².